The number of hydrogen-bond acceptors (Lipinski definition) is 6. The molecule has 1 heterocycles. The molecular weight excluding hydrogens is 350 g/mol. The molecule has 0 saturated heterocycles. The maximum atomic E-state index is 12.5. The van der Waals surface area contributed by atoms with Crippen LogP contribution in [-0.4, -0.2) is 35.1 Å². The van der Waals surface area contributed by atoms with E-state index in [0.29, 0.717) is 23.2 Å². The van der Waals surface area contributed by atoms with Crippen LogP contribution < -0.4 is 9.47 Å². The molecule has 3 rings (SSSR count). The zero-order chi connectivity index (χ0) is 19.6. The Balaban J connectivity index is 1.70. The second-order valence-corrected chi connectivity index (χ2v) is 6.35. The Bertz CT molecular complexity index is 853. The second-order valence-electron chi connectivity index (χ2n) is 6.35. The van der Waals surface area contributed by atoms with Crippen LogP contribution in [0.2, 0.25) is 0 Å². The first-order chi connectivity index (χ1) is 12.8. The molecule has 2 amide bonds. The van der Waals surface area contributed by atoms with E-state index in [1.165, 1.54) is 26.0 Å². The van der Waals surface area contributed by atoms with E-state index >= 15 is 0 Å². The number of fused-ring (bicyclic) bond motifs is 1. The topological polar surface area (TPSA) is 82.1 Å². The van der Waals surface area contributed by atoms with E-state index in [4.69, 9.17) is 14.3 Å². The number of hydrogen-bond donors (Lipinski definition) is 0. The molecule has 7 heteroatoms. The van der Waals surface area contributed by atoms with Crippen molar-refractivity contribution in [3.8, 4) is 11.5 Å². The predicted molar refractivity (Wildman–Crippen MR) is 95.4 cm³/mol. The number of nitrogens with zero attached hydrogens (tertiary/aromatic N) is 1. The van der Waals surface area contributed by atoms with Gasteiger partial charge in [-0.05, 0) is 57.2 Å². The van der Waals surface area contributed by atoms with E-state index in [0.717, 1.165) is 0 Å². The van der Waals surface area contributed by atoms with Crippen LogP contribution in [0.5, 0.6) is 11.5 Å². The number of carbonyl (C=O) groups excluding carboxylic acids is 3. The van der Waals surface area contributed by atoms with Gasteiger partial charge in [0.25, 0.3) is 11.8 Å². The lowest BCUT2D eigenvalue weighted by Gasteiger charge is -2.25. The largest absolute Gasteiger partial charge is 0.494 e. The maximum absolute atomic E-state index is 12.5. The van der Waals surface area contributed by atoms with E-state index in [-0.39, 0.29) is 11.1 Å². The minimum Gasteiger partial charge on any atom is -0.494 e. The predicted octanol–water partition coefficient (Wildman–Crippen LogP) is 3.00. The minimum atomic E-state index is -1.43. The lowest BCUT2D eigenvalue weighted by molar-refractivity contribution is -0.184. The number of rotatable bonds is 6. The Hall–Kier alpha value is -3.35. The zero-order valence-electron chi connectivity index (χ0n) is 15.2. The van der Waals surface area contributed by atoms with Crippen LogP contribution in [0.3, 0.4) is 0 Å². The fourth-order valence-corrected chi connectivity index (χ4v) is 2.55. The summed E-state index contributed by atoms with van der Waals surface area (Å²) in [5, 5.41) is 0.469. The summed E-state index contributed by atoms with van der Waals surface area (Å²) in [6, 6.07) is 13.0. The van der Waals surface area contributed by atoms with Gasteiger partial charge in [0.2, 0.25) is 5.60 Å². The lowest BCUT2D eigenvalue weighted by atomic mass is 10.1. The third-order valence-corrected chi connectivity index (χ3v) is 3.93. The van der Waals surface area contributed by atoms with Gasteiger partial charge in [-0.1, -0.05) is 17.2 Å². The molecule has 0 spiro atoms. The van der Waals surface area contributed by atoms with Crippen LogP contribution in [0.1, 0.15) is 41.5 Å². The fourth-order valence-electron chi connectivity index (χ4n) is 2.55. The molecule has 7 nitrogen and oxygen atoms in total. The molecule has 1 aliphatic rings. The van der Waals surface area contributed by atoms with Crippen LogP contribution in [0.25, 0.3) is 0 Å². The first kappa shape index (κ1) is 18.4. The molecule has 0 bridgehead atoms. The summed E-state index contributed by atoms with van der Waals surface area (Å²) >= 11 is 0. The van der Waals surface area contributed by atoms with Crippen molar-refractivity contribution in [3.63, 3.8) is 0 Å². The van der Waals surface area contributed by atoms with Gasteiger partial charge in [-0.3, -0.25) is 9.59 Å². The van der Waals surface area contributed by atoms with Gasteiger partial charge in [0.1, 0.15) is 11.5 Å². The Morgan fingerprint density at radius 1 is 0.926 bits per heavy atom. The summed E-state index contributed by atoms with van der Waals surface area (Å²) in [5.41, 5.74) is -1.04. The summed E-state index contributed by atoms with van der Waals surface area (Å²) < 4.78 is 11.0. The molecule has 0 fully saturated rings. The van der Waals surface area contributed by atoms with Gasteiger partial charge >= 0.3 is 5.97 Å². The third-order valence-electron chi connectivity index (χ3n) is 3.93. The van der Waals surface area contributed by atoms with Crippen molar-refractivity contribution < 1.29 is 28.7 Å². The van der Waals surface area contributed by atoms with E-state index in [2.05, 4.69) is 0 Å². The molecule has 0 saturated carbocycles. The van der Waals surface area contributed by atoms with Gasteiger partial charge < -0.3 is 14.3 Å². The summed E-state index contributed by atoms with van der Waals surface area (Å²) in [6.45, 7) is 5.40. The van der Waals surface area contributed by atoms with Crippen LogP contribution >= 0.6 is 0 Å². The third kappa shape index (κ3) is 3.62. The van der Waals surface area contributed by atoms with Gasteiger partial charge in [-0.15, -0.1) is 0 Å². The van der Waals surface area contributed by atoms with Crippen molar-refractivity contribution in [2.45, 2.75) is 26.4 Å². The summed E-state index contributed by atoms with van der Waals surface area (Å²) in [6.07, 6.45) is 0. The molecule has 0 atom stereocenters. The van der Waals surface area contributed by atoms with Crippen molar-refractivity contribution in [2.24, 2.45) is 0 Å². The van der Waals surface area contributed by atoms with Gasteiger partial charge in [0, 0.05) is 0 Å². The van der Waals surface area contributed by atoms with Crippen LogP contribution in [-0.2, 0) is 9.63 Å². The molecule has 0 aromatic heterocycles. The standard InChI is InChI=1S/C20H19NO6/c1-4-25-13-9-11-14(12-10-13)26-20(2,3)19(24)27-21-17(22)15-7-5-6-8-16(15)18(21)23/h5-12H,4H2,1-3H3. The summed E-state index contributed by atoms with van der Waals surface area (Å²) in [7, 11) is 0. The van der Waals surface area contributed by atoms with Crippen LogP contribution in [0.15, 0.2) is 48.5 Å². The molecule has 0 aliphatic carbocycles. The number of benzene rings is 2. The van der Waals surface area contributed by atoms with Crippen molar-refractivity contribution in [3.05, 3.63) is 59.7 Å². The quantitative estimate of drug-likeness (QED) is 0.728. The van der Waals surface area contributed by atoms with Crippen molar-refractivity contribution >= 4 is 17.8 Å². The Morgan fingerprint density at radius 3 is 1.96 bits per heavy atom. The first-order valence-electron chi connectivity index (χ1n) is 8.45. The highest BCUT2D eigenvalue weighted by molar-refractivity contribution is 6.20. The zero-order valence-corrected chi connectivity index (χ0v) is 15.2. The average molecular weight is 369 g/mol. The molecule has 27 heavy (non-hydrogen) atoms. The monoisotopic (exact) mass is 369 g/mol. The normalized spacial score (nSPS) is 13.4. The number of amides is 2. The number of hydroxylamine groups is 2. The van der Waals surface area contributed by atoms with Gasteiger partial charge in [-0.2, -0.15) is 0 Å². The Morgan fingerprint density at radius 2 is 1.44 bits per heavy atom. The molecule has 140 valence electrons. The SMILES string of the molecule is CCOc1ccc(OC(C)(C)C(=O)ON2C(=O)c3ccccc3C2=O)cc1. The fraction of sp³-hybridized carbons (Fsp3) is 0.250. The van der Waals surface area contributed by atoms with Gasteiger partial charge in [0.05, 0.1) is 17.7 Å². The number of carbonyl (C=O) groups is 3. The van der Waals surface area contributed by atoms with E-state index < -0.39 is 23.4 Å². The molecule has 0 unspecified atom stereocenters. The van der Waals surface area contributed by atoms with Crippen molar-refractivity contribution in [2.75, 3.05) is 6.61 Å². The van der Waals surface area contributed by atoms with Crippen LogP contribution in [0, 0.1) is 0 Å². The number of ether oxygens (including phenoxy) is 2. The molecule has 2 aromatic carbocycles. The first-order valence-corrected chi connectivity index (χ1v) is 8.45. The van der Waals surface area contributed by atoms with Crippen LogP contribution in [0.4, 0.5) is 0 Å². The summed E-state index contributed by atoms with van der Waals surface area (Å²) in [4.78, 5) is 42.2. The highest BCUT2D eigenvalue weighted by Gasteiger charge is 2.42. The molecule has 1 aliphatic heterocycles. The van der Waals surface area contributed by atoms with Crippen molar-refractivity contribution in [1.82, 2.24) is 5.06 Å². The molecule has 0 radical (unpaired) electrons. The number of imide groups is 1. The minimum absolute atomic E-state index is 0.195. The smallest absolute Gasteiger partial charge is 0.375 e. The Labute approximate surface area is 156 Å². The second kappa shape index (κ2) is 7.11. The highest BCUT2D eigenvalue weighted by Crippen LogP contribution is 2.26. The summed E-state index contributed by atoms with van der Waals surface area (Å²) in [5.74, 6) is -1.13. The van der Waals surface area contributed by atoms with Gasteiger partial charge in [-0.25, -0.2) is 4.79 Å². The molecule has 0 N–H and O–H groups in total. The van der Waals surface area contributed by atoms with Gasteiger partial charge in [0.15, 0.2) is 0 Å². The average Bonchev–Trinajstić information content (AvgIpc) is 2.88. The molecule has 2 aromatic rings. The lowest BCUT2D eigenvalue weighted by Crippen LogP contribution is -2.45. The Kier molecular flexibility index (Phi) is 4.85. The van der Waals surface area contributed by atoms with E-state index in [1.807, 2.05) is 6.92 Å². The van der Waals surface area contributed by atoms with E-state index in [1.54, 1.807) is 36.4 Å². The van der Waals surface area contributed by atoms with Crippen molar-refractivity contribution in [1.29, 1.82) is 0 Å². The maximum Gasteiger partial charge on any atom is 0.375 e. The molecular formula is C20H19NO6. The van der Waals surface area contributed by atoms with E-state index in [9.17, 15) is 14.4 Å². The highest BCUT2D eigenvalue weighted by atomic mass is 16.7.